The number of halogens is 3. The molecule has 0 radical (unpaired) electrons. The van der Waals surface area contributed by atoms with Crippen LogP contribution < -0.4 is 153 Å². The van der Waals surface area contributed by atoms with Crippen molar-refractivity contribution >= 4 is 82.0 Å². The SMILES string of the molecule is CC(C)(C)OC(=O)CS.COc1cc(C=O)c(F)cc1Cl.COc1cc2cc(C(=O)O)sc2cc1Cl.O=CO[O-].[Cs+].[Cs+].[H-]. The number of aromatic carboxylic acids is 1. The smallest absolute Gasteiger partial charge is 1.00 e. The molecule has 42 heavy (non-hydrogen) atoms. The van der Waals surface area contributed by atoms with Gasteiger partial charge in [0.15, 0.2) is 6.29 Å². The molecule has 0 bridgehead atoms. The van der Waals surface area contributed by atoms with Gasteiger partial charge in [-0.3, -0.25) is 14.4 Å². The molecule has 3 rings (SSSR count). The van der Waals surface area contributed by atoms with Crippen molar-refractivity contribution in [1.29, 1.82) is 0 Å². The number of carboxylic acid groups (broad SMARTS) is 1. The van der Waals surface area contributed by atoms with Crippen molar-refractivity contribution in [2.45, 2.75) is 26.4 Å². The molecule has 1 heterocycles. The van der Waals surface area contributed by atoms with Crippen molar-refractivity contribution in [1.82, 2.24) is 0 Å². The van der Waals surface area contributed by atoms with E-state index < -0.39 is 11.8 Å². The minimum absolute atomic E-state index is 0. The molecular formula is C25H27Cl2Cs2FO10S2. The van der Waals surface area contributed by atoms with Crippen LogP contribution in [0.15, 0.2) is 30.3 Å². The number of carboxylic acids is 1. The van der Waals surface area contributed by atoms with Crippen LogP contribution in [0.25, 0.3) is 10.1 Å². The summed E-state index contributed by atoms with van der Waals surface area (Å²) in [6.45, 7) is 5.30. The van der Waals surface area contributed by atoms with E-state index in [-0.39, 0.29) is 174 Å². The van der Waals surface area contributed by atoms with Crippen LogP contribution in [-0.4, -0.2) is 55.4 Å². The van der Waals surface area contributed by atoms with E-state index in [1.165, 1.54) is 31.6 Å². The van der Waals surface area contributed by atoms with Gasteiger partial charge < -0.3 is 30.9 Å². The molecule has 0 spiro atoms. The van der Waals surface area contributed by atoms with Crippen LogP contribution >= 0.6 is 47.2 Å². The molecule has 0 aliphatic carbocycles. The summed E-state index contributed by atoms with van der Waals surface area (Å²) >= 11 is 16.5. The third kappa shape index (κ3) is 18.8. The minimum atomic E-state index is -0.925. The summed E-state index contributed by atoms with van der Waals surface area (Å²) in [4.78, 5) is 43.1. The van der Waals surface area contributed by atoms with Gasteiger partial charge >= 0.3 is 150 Å². The number of thiophene rings is 1. The summed E-state index contributed by atoms with van der Waals surface area (Å²) in [7, 11) is 2.92. The van der Waals surface area contributed by atoms with Crippen LogP contribution in [0.1, 0.15) is 42.2 Å². The predicted molar refractivity (Wildman–Crippen MR) is 152 cm³/mol. The number of carbonyl (C=O) groups excluding carboxylic acids is 3. The molecule has 222 valence electrons. The molecule has 0 amide bonds. The van der Waals surface area contributed by atoms with Gasteiger partial charge in [-0.15, -0.1) is 11.3 Å². The number of rotatable bonds is 6. The summed E-state index contributed by atoms with van der Waals surface area (Å²) in [5, 5.41) is 18.7. The Morgan fingerprint density at radius 2 is 1.55 bits per heavy atom. The largest absolute Gasteiger partial charge is 1.00 e. The molecular weight excluding hydrogens is 880 g/mol. The van der Waals surface area contributed by atoms with E-state index in [1.807, 2.05) is 20.8 Å². The second-order valence-electron chi connectivity index (χ2n) is 8.00. The van der Waals surface area contributed by atoms with E-state index in [0.717, 1.165) is 16.2 Å². The Morgan fingerprint density at radius 1 is 1.05 bits per heavy atom. The average Bonchev–Trinajstić information content (AvgIpc) is 3.31. The molecule has 3 aromatic rings. The standard InChI is InChI=1S/C10H7ClO3S.C8H6ClFO2.C6H12O2S.CH2O3.2Cs.H/c1-14-7-2-5-3-9(10(12)13)15-8(5)4-6(7)11;1-12-8-2-5(4-11)7(10)3-6(8)9;1-6(2,3)8-5(7)4-9;2-1-4-3;;;/h2-4H,1H3,(H,12,13);2-4H,1H3;9H,4H2,1-3H3;1,3H;;;/q;;;;2*+1;-1/p-1. The van der Waals surface area contributed by atoms with Gasteiger partial charge in [0.2, 0.25) is 0 Å². The zero-order valence-electron chi connectivity index (χ0n) is 24.9. The molecule has 0 aliphatic heterocycles. The molecule has 0 saturated carbocycles. The van der Waals surface area contributed by atoms with Gasteiger partial charge in [-0.05, 0) is 56.5 Å². The van der Waals surface area contributed by atoms with E-state index in [4.69, 9.17) is 52.6 Å². The fourth-order valence-electron chi connectivity index (χ4n) is 2.47. The Bertz CT molecular complexity index is 1310. The van der Waals surface area contributed by atoms with Gasteiger partial charge in [0, 0.05) is 4.70 Å². The van der Waals surface area contributed by atoms with Crippen molar-refractivity contribution in [3.8, 4) is 11.5 Å². The molecule has 0 unspecified atom stereocenters. The van der Waals surface area contributed by atoms with E-state index in [0.29, 0.717) is 27.7 Å². The van der Waals surface area contributed by atoms with Crippen LogP contribution in [0.5, 0.6) is 11.5 Å². The summed E-state index contributed by atoms with van der Waals surface area (Å²) < 4.78 is 28.3. The number of aldehydes is 1. The summed E-state index contributed by atoms with van der Waals surface area (Å²) in [6, 6.07) is 7.36. The van der Waals surface area contributed by atoms with Crippen LogP contribution in [-0.2, 0) is 19.2 Å². The zero-order chi connectivity index (χ0) is 31.0. The third-order valence-electron chi connectivity index (χ3n) is 3.99. The van der Waals surface area contributed by atoms with E-state index in [9.17, 15) is 18.8 Å². The maximum absolute atomic E-state index is 12.8. The van der Waals surface area contributed by atoms with Crippen molar-refractivity contribution in [2.24, 2.45) is 0 Å². The Kier molecular flexibility index (Phi) is 28.4. The van der Waals surface area contributed by atoms with Crippen molar-refractivity contribution in [3.63, 3.8) is 0 Å². The zero-order valence-corrected chi connectivity index (χ0v) is 39.6. The van der Waals surface area contributed by atoms with Gasteiger partial charge in [0.1, 0.15) is 27.8 Å². The topological polar surface area (TPSA) is 148 Å². The summed E-state index contributed by atoms with van der Waals surface area (Å²) in [6.07, 6.45) is 0.411. The van der Waals surface area contributed by atoms with E-state index in [1.54, 1.807) is 18.2 Å². The maximum atomic E-state index is 12.8. The van der Waals surface area contributed by atoms with Gasteiger partial charge in [-0.25, -0.2) is 9.18 Å². The molecule has 1 aromatic heterocycles. The molecule has 0 fully saturated rings. The van der Waals surface area contributed by atoms with Gasteiger partial charge in [-0.1, -0.05) is 23.2 Å². The average molecular weight is 907 g/mol. The number of benzene rings is 2. The van der Waals surface area contributed by atoms with Gasteiger partial charge in [-0.2, -0.15) is 12.6 Å². The Morgan fingerprint density at radius 3 is 1.93 bits per heavy atom. The van der Waals surface area contributed by atoms with Gasteiger partial charge in [0.25, 0.3) is 6.47 Å². The molecule has 0 aliphatic rings. The normalized spacial score (nSPS) is 9.38. The fourth-order valence-corrected chi connectivity index (χ4v) is 3.99. The number of thiol groups is 1. The second-order valence-corrected chi connectivity index (χ2v) is 10.2. The number of fused-ring (bicyclic) bond motifs is 1. The first-order valence-electron chi connectivity index (χ1n) is 10.7. The molecule has 1 N–H and O–H groups in total. The quantitative estimate of drug-likeness (QED) is 0.108. The van der Waals surface area contributed by atoms with E-state index >= 15 is 0 Å². The number of hydrogen-bond donors (Lipinski definition) is 2. The van der Waals surface area contributed by atoms with Crippen LogP contribution in [0.4, 0.5) is 4.39 Å². The van der Waals surface area contributed by atoms with Crippen molar-refractivity contribution < 1.29 is 192 Å². The monoisotopic (exact) mass is 906 g/mol. The first-order chi connectivity index (χ1) is 18.7. The number of hydrogen-bond acceptors (Lipinski definition) is 11. The Labute approximate surface area is 380 Å². The number of ether oxygens (including phenoxy) is 3. The predicted octanol–water partition coefficient (Wildman–Crippen LogP) is -0.625. The maximum Gasteiger partial charge on any atom is 1.00 e. The molecule has 10 nitrogen and oxygen atoms in total. The molecule has 0 atom stereocenters. The van der Waals surface area contributed by atoms with Crippen molar-refractivity contribution in [3.05, 3.63) is 56.6 Å². The molecule has 0 saturated heterocycles. The number of esters is 1. The summed E-state index contributed by atoms with van der Waals surface area (Å²) in [5.74, 6) is -0.843. The first kappa shape index (κ1) is 47.4. The minimum Gasteiger partial charge on any atom is -1.00 e. The second kappa shape index (κ2) is 25.1. The third-order valence-corrected chi connectivity index (χ3v) is 5.92. The van der Waals surface area contributed by atoms with Crippen LogP contribution in [0, 0.1) is 5.82 Å². The molecule has 17 heteroatoms. The molecule has 2 aromatic carbocycles. The number of methoxy groups -OCH3 is 2. The Hall–Kier alpha value is 1.00. The van der Waals surface area contributed by atoms with Crippen LogP contribution in [0.2, 0.25) is 10.0 Å². The fraction of sp³-hybridized carbons (Fsp3) is 0.280. The van der Waals surface area contributed by atoms with Crippen molar-refractivity contribution in [2.75, 3.05) is 20.0 Å². The Balaban J connectivity index is -0.000000248. The first-order valence-corrected chi connectivity index (χ1v) is 12.9. The van der Waals surface area contributed by atoms with E-state index in [2.05, 4.69) is 17.5 Å². The van der Waals surface area contributed by atoms with Crippen LogP contribution in [0.3, 0.4) is 0 Å². The number of carbonyl (C=O) groups is 4. The summed E-state index contributed by atoms with van der Waals surface area (Å²) in [5.41, 5.74) is -0.434. The van der Waals surface area contributed by atoms with Gasteiger partial charge in [0.05, 0.1) is 35.6 Å².